The third-order valence-electron chi connectivity index (χ3n) is 3.50. The molecule has 0 N–H and O–H groups in total. The molecule has 1 aliphatic heterocycles. The molecular weight excluding hydrogens is 572 g/mol. The van der Waals surface area contributed by atoms with Crippen molar-refractivity contribution in [3.8, 4) is 5.75 Å². The molecule has 4 unspecified atom stereocenters. The first kappa shape index (κ1) is 23.1. The number of ether oxygens (including phenoxy) is 5. The number of carbonyl (C=O) groups is 3. The van der Waals surface area contributed by atoms with E-state index in [1.54, 1.807) is 12.1 Å². The zero-order valence-corrected chi connectivity index (χ0v) is 19.8. The molecule has 0 amide bonds. The fourth-order valence-corrected chi connectivity index (χ4v) is 5.01. The fraction of sp³-hybridized carbons (Fsp3) is 0.471. The Balaban J connectivity index is 2.36. The zero-order chi connectivity index (χ0) is 21.0. The van der Waals surface area contributed by atoms with Crippen LogP contribution in [0.2, 0.25) is 0 Å². The minimum absolute atomic E-state index is 0.119. The summed E-state index contributed by atoms with van der Waals surface area (Å²) in [6, 6.07) is 3.52. The van der Waals surface area contributed by atoms with E-state index in [4.69, 9.17) is 23.7 Å². The lowest BCUT2D eigenvalue weighted by molar-refractivity contribution is -0.260. The van der Waals surface area contributed by atoms with E-state index in [2.05, 4.69) is 47.8 Å². The molecule has 8 nitrogen and oxygen atoms in total. The smallest absolute Gasteiger partial charge is 0.303 e. The molecule has 1 aromatic rings. The Labute approximate surface area is 186 Å². The molecule has 0 bridgehead atoms. The van der Waals surface area contributed by atoms with E-state index in [1.807, 2.05) is 0 Å². The number of benzene rings is 1. The summed E-state index contributed by atoms with van der Waals surface area (Å²) in [5.74, 6) is -1.48. The molecular formula is C17H17Br3O8. The Hall–Kier alpha value is -1.17. The van der Waals surface area contributed by atoms with Gasteiger partial charge in [0.05, 0.1) is 15.6 Å². The highest BCUT2D eigenvalue weighted by Crippen LogP contribution is 2.38. The monoisotopic (exact) mass is 586 g/mol. The molecule has 11 heteroatoms. The topological polar surface area (TPSA) is 97.4 Å². The third kappa shape index (κ3) is 6.16. The third-order valence-corrected chi connectivity index (χ3v) is 5.14. The maximum Gasteiger partial charge on any atom is 0.303 e. The summed E-state index contributed by atoms with van der Waals surface area (Å²) in [6.45, 7) is 3.49. The van der Waals surface area contributed by atoms with Crippen molar-refractivity contribution in [1.29, 1.82) is 0 Å². The van der Waals surface area contributed by atoms with Gasteiger partial charge in [-0.1, -0.05) is 15.9 Å². The second-order valence-electron chi connectivity index (χ2n) is 5.81. The molecule has 0 spiro atoms. The van der Waals surface area contributed by atoms with Gasteiger partial charge in [-0.25, -0.2) is 0 Å². The van der Waals surface area contributed by atoms with E-state index in [9.17, 15) is 14.4 Å². The Morgan fingerprint density at radius 2 is 1.39 bits per heavy atom. The quantitative estimate of drug-likeness (QED) is 0.381. The van der Waals surface area contributed by atoms with E-state index >= 15 is 0 Å². The van der Waals surface area contributed by atoms with Crippen LogP contribution in [0.25, 0.3) is 0 Å². The normalized spacial score (nSPS) is 24.2. The first-order valence-corrected chi connectivity index (χ1v) is 10.4. The number of carbonyl (C=O) groups excluding carboxylic acids is 3. The van der Waals surface area contributed by atoms with Crippen molar-refractivity contribution in [2.24, 2.45) is 0 Å². The zero-order valence-electron chi connectivity index (χ0n) is 15.1. The molecule has 1 fully saturated rings. The summed E-state index contributed by atoms with van der Waals surface area (Å²) < 4.78 is 29.3. The van der Waals surface area contributed by atoms with Crippen LogP contribution in [-0.2, 0) is 33.3 Å². The van der Waals surface area contributed by atoms with Gasteiger partial charge < -0.3 is 23.7 Å². The summed E-state index contributed by atoms with van der Waals surface area (Å²) >= 11 is 10.1. The molecule has 0 saturated carbocycles. The SMILES string of the molecule is CC(=O)OC1COC(Oc2c(Br)cc(Br)cc2Br)C(OC(C)=O)C1OC(C)=O. The molecule has 1 aliphatic rings. The number of hydrogen-bond acceptors (Lipinski definition) is 8. The molecule has 4 atom stereocenters. The van der Waals surface area contributed by atoms with Crippen molar-refractivity contribution in [3.63, 3.8) is 0 Å². The van der Waals surface area contributed by atoms with E-state index in [0.717, 1.165) is 4.47 Å². The molecule has 0 aliphatic carbocycles. The predicted molar refractivity (Wildman–Crippen MR) is 107 cm³/mol. The molecule has 1 saturated heterocycles. The van der Waals surface area contributed by atoms with Crippen LogP contribution < -0.4 is 4.74 Å². The summed E-state index contributed by atoms with van der Waals surface area (Å²) in [4.78, 5) is 34.6. The molecule has 1 heterocycles. The average molecular weight is 589 g/mol. The van der Waals surface area contributed by atoms with Crippen molar-refractivity contribution in [2.75, 3.05) is 6.61 Å². The Kier molecular flexibility index (Phi) is 8.29. The first-order chi connectivity index (χ1) is 13.1. The number of halogens is 3. The van der Waals surface area contributed by atoms with Gasteiger partial charge in [-0.3, -0.25) is 14.4 Å². The number of hydrogen-bond donors (Lipinski definition) is 0. The molecule has 2 rings (SSSR count). The fourth-order valence-electron chi connectivity index (χ4n) is 2.57. The highest BCUT2D eigenvalue weighted by atomic mass is 79.9. The first-order valence-electron chi connectivity index (χ1n) is 8.03. The average Bonchev–Trinajstić information content (AvgIpc) is 2.54. The van der Waals surface area contributed by atoms with Crippen LogP contribution in [0.3, 0.4) is 0 Å². The maximum atomic E-state index is 11.6. The minimum atomic E-state index is -1.16. The Bertz CT molecular complexity index is 746. The van der Waals surface area contributed by atoms with Crippen LogP contribution in [0.4, 0.5) is 0 Å². The lowest BCUT2D eigenvalue weighted by Gasteiger charge is -2.40. The molecule has 28 heavy (non-hydrogen) atoms. The summed E-state index contributed by atoms with van der Waals surface area (Å²) in [5, 5.41) is 0. The van der Waals surface area contributed by atoms with Gasteiger partial charge >= 0.3 is 17.9 Å². The van der Waals surface area contributed by atoms with E-state index in [-0.39, 0.29) is 6.61 Å². The van der Waals surface area contributed by atoms with Gasteiger partial charge in [-0.2, -0.15) is 0 Å². The van der Waals surface area contributed by atoms with Crippen LogP contribution in [-0.4, -0.2) is 49.1 Å². The van der Waals surface area contributed by atoms with Gasteiger partial charge in [0.1, 0.15) is 0 Å². The van der Waals surface area contributed by atoms with Crippen molar-refractivity contribution >= 4 is 65.7 Å². The van der Waals surface area contributed by atoms with Gasteiger partial charge in [0.2, 0.25) is 12.4 Å². The van der Waals surface area contributed by atoms with E-state index in [0.29, 0.717) is 14.7 Å². The molecule has 0 radical (unpaired) electrons. The second kappa shape index (κ2) is 10.0. The molecule has 1 aromatic carbocycles. The Morgan fingerprint density at radius 3 is 1.89 bits per heavy atom. The number of rotatable bonds is 5. The van der Waals surface area contributed by atoms with Crippen LogP contribution in [0.1, 0.15) is 20.8 Å². The van der Waals surface area contributed by atoms with Gasteiger partial charge in [-0.05, 0) is 44.0 Å². The van der Waals surface area contributed by atoms with Crippen molar-refractivity contribution < 1.29 is 38.1 Å². The van der Waals surface area contributed by atoms with Crippen molar-refractivity contribution in [2.45, 2.75) is 45.4 Å². The van der Waals surface area contributed by atoms with Crippen LogP contribution in [0.5, 0.6) is 5.75 Å². The van der Waals surface area contributed by atoms with Gasteiger partial charge in [-0.15, -0.1) is 0 Å². The summed E-state index contributed by atoms with van der Waals surface area (Å²) in [6.07, 6.45) is -4.34. The summed E-state index contributed by atoms with van der Waals surface area (Å²) in [7, 11) is 0. The highest BCUT2D eigenvalue weighted by molar-refractivity contribution is 9.11. The van der Waals surface area contributed by atoms with Gasteiger partial charge in [0.15, 0.2) is 18.0 Å². The molecule has 0 aromatic heterocycles. The standard InChI is InChI=1S/C17H17Br3O8/c1-7(21)25-13-6-24-17(16(27-9(3)23)15(13)26-8(2)22)28-14-11(19)4-10(18)5-12(14)20/h4-5,13,15-17H,6H2,1-3H3. The van der Waals surface area contributed by atoms with E-state index < -0.39 is 42.5 Å². The largest absolute Gasteiger partial charge is 0.458 e. The molecule has 154 valence electrons. The summed E-state index contributed by atoms with van der Waals surface area (Å²) in [5.41, 5.74) is 0. The Morgan fingerprint density at radius 1 is 0.893 bits per heavy atom. The lowest BCUT2D eigenvalue weighted by Crippen LogP contribution is -2.59. The van der Waals surface area contributed by atoms with Crippen LogP contribution in [0.15, 0.2) is 25.6 Å². The number of esters is 3. The lowest BCUT2D eigenvalue weighted by atomic mass is 10.0. The second-order valence-corrected chi connectivity index (χ2v) is 8.44. The van der Waals surface area contributed by atoms with Crippen molar-refractivity contribution in [1.82, 2.24) is 0 Å². The van der Waals surface area contributed by atoms with Gasteiger partial charge in [0, 0.05) is 25.2 Å². The predicted octanol–water partition coefficient (Wildman–Crippen LogP) is 3.50. The highest BCUT2D eigenvalue weighted by Gasteiger charge is 2.48. The maximum absolute atomic E-state index is 11.6. The van der Waals surface area contributed by atoms with Crippen LogP contribution in [0, 0.1) is 0 Å². The van der Waals surface area contributed by atoms with Crippen LogP contribution >= 0.6 is 47.8 Å². The van der Waals surface area contributed by atoms with Crippen molar-refractivity contribution in [3.05, 3.63) is 25.6 Å². The van der Waals surface area contributed by atoms with Gasteiger partial charge in [0.25, 0.3) is 0 Å². The minimum Gasteiger partial charge on any atom is -0.458 e. The van der Waals surface area contributed by atoms with E-state index in [1.165, 1.54) is 20.8 Å².